The number of aromatic nitrogens is 2. The third-order valence-electron chi connectivity index (χ3n) is 4.61. The molecule has 1 aliphatic rings. The molecule has 0 bridgehead atoms. The molecule has 0 radical (unpaired) electrons. The summed E-state index contributed by atoms with van der Waals surface area (Å²) in [4.78, 5) is 14.5. The minimum absolute atomic E-state index is 0.867. The maximum Gasteiger partial charge on any atom is 0.169 e. The van der Waals surface area contributed by atoms with Gasteiger partial charge in [0.15, 0.2) is 5.82 Å². The van der Waals surface area contributed by atoms with E-state index in [1.54, 1.807) is 11.3 Å². The molecule has 4 heterocycles. The van der Waals surface area contributed by atoms with Crippen LogP contribution in [0.25, 0.3) is 20.8 Å². The summed E-state index contributed by atoms with van der Waals surface area (Å²) >= 11 is 3.60. The van der Waals surface area contributed by atoms with Crippen molar-refractivity contribution in [1.29, 1.82) is 0 Å². The molecule has 0 unspecified atom stereocenters. The van der Waals surface area contributed by atoms with Crippen molar-refractivity contribution in [2.75, 3.05) is 6.54 Å². The van der Waals surface area contributed by atoms with Gasteiger partial charge in [0, 0.05) is 47.4 Å². The second kappa shape index (κ2) is 6.33. The van der Waals surface area contributed by atoms with Crippen molar-refractivity contribution in [3.05, 3.63) is 70.2 Å². The highest BCUT2D eigenvalue weighted by atomic mass is 32.1. The van der Waals surface area contributed by atoms with Crippen LogP contribution in [0.5, 0.6) is 0 Å². The molecule has 1 aromatic carbocycles. The lowest BCUT2D eigenvalue weighted by atomic mass is 10.1. The van der Waals surface area contributed by atoms with E-state index in [9.17, 15) is 0 Å². The minimum Gasteiger partial charge on any atom is -0.293 e. The molecule has 4 aromatic rings. The van der Waals surface area contributed by atoms with Crippen molar-refractivity contribution in [3.8, 4) is 10.7 Å². The Balaban J connectivity index is 1.35. The van der Waals surface area contributed by atoms with Crippen LogP contribution in [0.2, 0.25) is 0 Å². The minimum atomic E-state index is 0.867. The van der Waals surface area contributed by atoms with E-state index >= 15 is 0 Å². The summed E-state index contributed by atoms with van der Waals surface area (Å²) in [5.74, 6) is 0.867. The van der Waals surface area contributed by atoms with Crippen molar-refractivity contribution in [1.82, 2.24) is 14.9 Å². The SMILES string of the molecule is c1csc(-c2ncc3c(n2)CCN(Cc2cc4ccccc4s2)C3)c1. The van der Waals surface area contributed by atoms with Gasteiger partial charge in [0.05, 0.1) is 10.6 Å². The summed E-state index contributed by atoms with van der Waals surface area (Å²) in [6.45, 7) is 3.00. The summed E-state index contributed by atoms with van der Waals surface area (Å²) in [6, 6.07) is 15.1. The molecular weight excluding hydrogens is 346 g/mol. The Bertz CT molecular complexity index is 988. The second-order valence-corrected chi connectivity index (χ2v) is 8.47. The average Bonchev–Trinajstić information content (AvgIpc) is 3.30. The highest BCUT2D eigenvalue weighted by molar-refractivity contribution is 7.19. The van der Waals surface area contributed by atoms with Crippen LogP contribution in [-0.2, 0) is 19.5 Å². The number of hydrogen-bond donors (Lipinski definition) is 0. The van der Waals surface area contributed by atoms with Gasteiger partial charge in [-0.3, -0.25) is 4.90 Å². The van der Waals surface area contributed by atoms with E-state index in [1.165, 1.54) is 26.2 Å². The Kier molecular flexibility index (Phi) is 3.85. The van der Waals surface area contributed by atoms with E-state index in [-0.39, 0.29) is 0 Å². The molecule has 0 saturated heterocycles. The third-order valence-corrected chi connectivity index (χ3v) is 6.58. The van der Waals surface area contributed by atoms with Gasteiger partial charge in [-0.1, -0.05) is 24.3 Å². The number of rotatable bonds is 3. The molecule has 0 saturated carbocycles. The van der Waals surface area contributed by atoms with Gasteiger partial charge in [0.25, 0.3) is 0 Å². The molecule has 0 aliphatic carbocycles. The van der Waals surface area contributed by atoms with Crippen molar-refractivity contribution >= 4 is 32.8 Å². The van der Waals surface area contributed by atoms with Crippen molar-refractivity contribution in [2.45, 2.75) is 19.5 Å². The highest BCUT2D eigenvalue weighted by Crippen LogP contribution is 2.28. The maximum atomic E-state index is 4.81. The lowest BCUT2D eigenvalue weighted by Gasteiger charge is -2.27. The van der Waals surface area contributed by atoms with Gasteiger partial charge in [-0.2, -0.15) is 0 Å². The number of nitrogens with zero attached hydrogens (tertiary/aromatic N) is 3. The molecule has 1 aliphatic heterocycles. The monoisotopic (exact) mass is 363 g/mol. The third kappa shape index (κ3) is 2.99. The highest BCUT2D eigenvalue weighted by Gasteiger charge is 2.19. The Morgan fingerprint density at radius 1 is 1.12 bits per heavy atom. The van der Waals surface area contributed by atoms with E-state index in [0.717, 1.165) is 36.8 Å². The summed E-state index contributed by atoms with van der Waals surface area (Å²) in [5.41, 5.74) is 2.48. The first-order valence-electron chi connectivity index (χ1n) is 8.44. The molecule has 25 heavy (non-hydrogen) atoms. The Hall–Kier alpha value is -2.08. The fraction of sp³-hybridized carbons (Fsp3) is 0.200. The van der Waals surface area contributed by atoms with Crippen LogP contribution in [0.15, 0.2) is 54.0 Å². The normalized spacial score (nSPS) is 14.7. The molecule has 0 amide bonds. The average molecular weight is 364 g/mol. The topological polar surface area (TPSA) is 29.0 Å². The predicted octanol–water partition coefficient (Wildman–Crippen LogP) is 4.98. The lowest BCUT2D eigenvalue weighted by Crippen LogP contribution is -2.30. The zero-order valence-corrected chi connectivity index (χ0v) is 15.3. The standard InChI is InChI=1S/C20H17N3S2/c1-2-5-18-14(4-1)10-16(25-18)13-23-8-7-17-15(12-23)11-21-20(22-17)19-6-3-9-24-19/h1-6,9-11H,7-8,12-13H2. The largest absolute Gasteiger partial charge is 0.293 e. The zero-order chi connectivity index (χ0) is 16.6. The first-order chi connectivity index (χ1) is 12.3. The summed E-state index contributed by atoms with van der Waals surface area (Å²) < 4.78 is 1.37. The van der Waals surface area contributed by atoms with Gasteiger partial charge in [0.1, 0.15) is 0 Å². The number of benzene rings is 1. The molecule has 5 rings (SSSR count). The smallest absolute Gasteiger partial charge is 0.169 e. The van der Waals surface area contributed by atoms with Gasteiger partial charge in [-0.25, -0.2) is 9.97 Å². The molecule has 0 fully saturated rings. The van der Waals surface area contributed by atoms with Crippen LogP contribution in [0.3, 0.4) is 0 Å². The van der Waals surface area contributed by atoms with Gasteiger partial charge in [0.2, 0.25) is 0 Å². The number of fused-ring (bicyclic) bond motifs is 2. The van der Waals surface area contributed by atoms with E-state index in [0.29, 0.717) is 0 Å². The van der Waals surface area contributed by atoms with Crippen LogP contribution in [0.1, 0.15) is 16.1 Å². The fourth-order valence-corrected chi connectivity index (χ4v) is 5.14. The summed E-state index contributed by atoms with van der Waals surface area (Å²) in [6.07, 6.45) is 3.02. The molecule has 124 valence electrons. The Labute approximate surface area is 154 Å². The predicted molar refractivity (Wildman–Crippen MR) is 105 cm³/mol. The first kappa shape index (κ1) is 15.2. The van der Waals surface area contributed by atoms with E-state index in [1.807, 2.05) is 17.5 Å². The lowest BCUT2D eigenvalue weighted by molar-refractivity contribution is 0.245. The zero-order valence-electron chi connectivity index (χ0n) is 13.7. The van der Waals surface area contributed by atoms with Crippen LogP contribution >= 0.6 is 22.7 Å². The van der Waals surface area contributed by atoms with Crippen molar-refractivity contribution < 1.29 is 0 Å². The molecular formula is C20H17N3S2. The van der Waals surface area contributed by atoms with Crippen molar-refractivity contribution in [2.24, 2.45) is 0 Å². The molecule has 0 N–H and O–H groups in total. The Morgan fingerprint density at radius 2 is 2.08 bits per heavy atom. The van der Waals surface area contributed by atoms with Crippen molar-refractivity contribution in [3.63, 3.8) is 0 Å². The molecule has 0 spiro atoms. The summed E-state index contributed by atoms with van der Waals surface area (Å²) in [5, 5.41) is 3.43. The van der Waals surface area contributed by atoms with E-state index in [2.05, 4.69) is 57.7 Å². The van der Waals surface area contributed by atoms with Crippen LogP contribution in [-0.4, -0.2) is 21.4 Å². The van der Waals surface area contributed by atoms with E-state index < -0.39 is 0 Å². The van der Waals surface area contributed by atoms with Gasteiger partial charge in [-0.15, -0.1) is 22.7 Å². The van der Waals surface area contributed by atoms with Gasteiger partial charge < -0.3 is 0 Å². The number of thiophene rings is 2. The maximum absolute atomic E-state index is 4.81. The number of hydrogen-bond acceptors (Lipinski definition) is 5. The van der Waals surface area contributed by atoms with Crippen LogP contribution < -0.4 is 0 Å². The van der Waals surface area contributed by atoms with E-state index in [4.69, 9.17) is 4.98 Å². The second-order valence-electron chi connectivity index (χ2n) is 6.35. The van der Waals surface area contributed by atoms with Gasteiger partial charge in [-0.05, 0) is 29.0 Å². The van der Waals surface area contributed by atoms with Crippen LogP contribution in [0, 0.1) is 0 Å². The van der Waals surface area contributed by atoms with Crippen LogP contribution in [0.4, 0.5) is 0 Å². The van der Waals surface area contributed by atoms with Gasteiger partial charge >= 0.3 is 0 Å². The fourth-order valence-electron chi connectivity index (χ4n) is 3.37. The molecule has 3 aromatic heterocycles. The molecule has 0 atom stereocenters. The Morgan fingerprint density at radius 3 is 2.96 bits per heavy atom. The quantitative estimate of drug-likeness (QED) is 0.514. The molecule has 5 heteroatoms. The molecule has 3 nitrogen and oxygen atoms in total. The first-order valence-corrected chi connectivity index (χ1v) is 10.1. The summed E-state index contributed by atoms with van der Waals surface area (Å²) in [7, 11) is 0.